The van der Waals surface area contributed by atoms with Gasteiger partial charge in [-0.05, 0) is 73.4 Å². The Labute approximate surface area is 198 Å². The Kier molecular flexibility index (Phi) is 6.59. The van der Waals surface area contributed by atoms with Crippen LogP contribution in [0.4, 0.5) is 11.4 Å². The van der Waals surface area contributed by atoms with Gasteiger partial charge in [0.1, 0.15) is 5.70 Å². The van der Waals surface area contributed by atoms with Gasteiger partial charge in [-0.3, -0.25) is 9.59 Å². The van der Waals surface area contributed by atoms with Crippen LogP contribution in [-0.4, -0.2) is 24.4 Å². The molecule has 1 aliphatic heterocycles. The highest BCUT2D eigenvalue weighted by molar-refractivity contribution is 6.46. The number of hydrogen-bond acceptors (Lipinski definition) is 5. The first-order valence-corrected chi connectivity index (χ1v) is 11.2. The van der Waals surface area contributed by atoms with E-state index in [-0.39, 0.29) is 5.70 Å². The van der Waals surface area contributed by atoms with Gasteiger partial charge in [-0.1, -0.05) is 43.3 Å². The molecule has 0 spiro atoms. The standard InChI is InChI=1S/C28H26N2O4/c1-4-14-34-28(33)21-10-12-23(13-11-21)30-26(31)24(20-8-6-5-7-9-20)25(27(30)32)29-22-16-18(2)15-19(3)17-22/h5-13,15-17,29H,4,14H2,1-3H3. The van der Waals surface area contributed by atoms with Crippen molar-refractivity contribution in [3.8, 4) is 0 Å². The van der Waals surface area contributed by atoms with Crippen molar-refractivity contribution in [1.29, 1.82) is 0 Å². The monoisotopic (exact) mass is 454 g/mol. The predicted octanol–water partition coefficient (Wildman–Crippen LogP) is 5.27. The van der Waals surface area contributed by atoms with Crippen LogP contribution in [0.3, 0.4) is 0 Å². The summed E-state index contributed by atoms with van der Waals surface area (Å²) in [4.78, 5) is 40.3. The third kappa shape index (κ3) is 4.62. The van der Waals surface area contributed by atoms with Crippen LogP contribution in [-0.2, 0) is 14.3 Å². The van der Waals surface area contributed by atoms with E-state index in [1.807, 2.05) is 57.2 Å². The predicted molar refractivity (Wildman–Crippen MR) is 132 cm³/mol. The fraction of sp³-hybridized carbons (Fsp3) is 0.179. The molecule has 0 radical (unpaired) electrons. The minimum Gasteiger partial charge on any atom is -0.462 e. The second kappa shape index (κ2) is 9.75. The molecule has 0 aromatic heterocycles. The number of carbonyl (C=O) groups excluding carboxylic acids is 3. The molecule has 1 aliphatic rings. The fourth-order valence-corrected chi connectivity index (χ4v) is 3.97. The summed E-state index contributed by atoms with van der Waals surface area (Å²) >= 11 is 0. The van der Waals surface area contributed by atoms with Gasteiger partial charge in [0.2, 0.25) is 0 Å². The average molecular weight is 455 g/mol. The van der Waals surface area contributed by atoms with Gasteiger partial charge >= 0.3 is 5.97 Å². The van der Waals surface area contributed by atoms with Crippen molar-refractivity contribution in [2.75, 3.05) is 16.8 Å². The summed E-state index contributed by atoms with van der Waals surface area (Å²) in [5.74, 6) is -1.32. The zero-order valence-corrected chi connectivity index (χ0v) is 19.4. The molecular formula is C28H26N2O4. The molecule has 3 aromatic carbocycles. The summed E-state index contributed by atoms with van der Waals surface area (Å²) in [6.45, 7) is 6.21. The highest BCUT2D eigenvalue weighted by Crippen LogP contribution is 2.34. The quantitative estimate of drug-likeness (QED) is 0.389. The number of aryl methyl sites for hydroxylation is 2. The fourth-order valence-electron chi connectivity index (χ4n) is 3.97. The van der Waals surface area contributed by atoms with Crippen LogP contribution in [0.15, 0.2) is 78.5 Å². The number of nitrogens with one attached hydrogen (secondary N) is 1. The number of carbonyl (C=O) groups is 3. The van der Waals surface area contributed by atoms with Gasteiger partial charge in [-0.2, -0.15) is 0 Å². The Morgan fingerprint density at radius 3 is 2.15 bits per heavy atom. The van der Waals surface area contributed by atoms with Gasteiger partial charge < -0.3 is 10.1 Å². The number of benzene rings is 3. The Morgan fingerprint density at radius 1 is 0.882 bits per heavy atom. The maximum atomic E-state index is 13.5. The van der Waals surface area contributed by atoms with E-state index in [1.54, 1.807) is 36.4 Å². The molecule has 4 rings (SSSR count). The first-order valence-electron chi connectivity index (χ1n) is 11.2. The lowest BCUT2D eigenvalue weighted by Gasteiger charge is -2.16. The molecule has 0 bridgehead atoms. The van der Waals surface area contributed by atoms with Gasteiger partial charge in [0, 0.05) is 5.69 Å². The maximum Gasteiger partial charge on any atom is 0.338 e. The third-order valence-corrected chi connectivity index (χ3v) is 5.44. The number of amides is 2. The zero-order valence-electron chi connectivity index (χ0n) is 19.4. The van der Waals surface area contributed by atoms with Gasteiger partial charge in [-0.15, -0.1) is 0 Å². The Balaban J connectivity index is 1.70. The van der Waals surface area contributed by atoms with E-state index in [0.717, 1.165) is 28.1 Å². The van der Waals surface area contributed by atoms with Crippen LogP contribution in [0.25, 0.3) is 5.57 Å². The van der Waals surface area contributed by atoms with Gasteiger partial charge in [0.25, 0.3) is 11.8 Å². The van der Waals surface area contributed by atoms with Gasteiger partial charge in [0.05, 0.1) is 23.4 Å². The van der Waals surface area contributed by atoms with Crippen molar-refractivity contribution in [2.24, 2.45) is 0 Å². The smallest absolute Gasteiger partial charge is 0.338 e. The minimum absolute atomic E-state index is 0.215. The molecule has 6 heteroatoms. The summed E-state index contributed by atoms with van der Waals surface area (Å²) < 4.78 is 5.16. The Hall–Kier alpha value is -4.19. The van der Waals surface area contributed by atoms with E-state index < -0.39 is 17.8 Å². The summed E-state index contributed by atoms with van der Waals surface area (Å²) in [6.07, 6.45) is 0.727. The lowest BCUT2D eigenvalue weighted by molar-refractivity contribution is -0.120. The van der Waals surface area contributed by atoms with Crippen LogP contribution >= 0.6 is 0 Å². The maximum absolute atomic E-state index is 13.5. The number of nitrogens with zero attached hydrogens (tertiary/aromatic N) is 1. The van der Waals surface area contributed by atoms with Crippen molar-refractivity contribution >= 4 is 34.7 Å². The van der Waals surface area contributed by atoms with E-state index in [0.29, 0.717) is 29.0 Å². The summed E-state index contributed by atoms with van der Waals surface area (Å²) in [7, 11) is 0. The first kappa shape index (κ1) is 23.0. The van der Waals surface area contributed by atoms with Crippen molar-refractivity contribution < 1.29 is 19.1 Å². The molecule has 0 saturated carbocycles. The van der Waals surface area contributed by atoms with Crippen molar-refractivity contribution in [3.63, 3.8) is 0 Å². The molecule has 34 heavy (non-hydrogen) atoms. The summed E-state index contributed by atoms with van der Waals surface area (Å²) in [6, 6.07) is 21.3. The molecule has 0 fully saturated rings. The van der Waals surface area contributed by atoms with Crippen LogP contribution in [0, 0.1) is 13.8 Å². The Bertz CT molecular complexity index is 1260. The van der Waals surface area contributed by atoms with Crippen LogP contribution in [0.1, 0.15) is 40.4 Å². The second-order valence-corrected chi connectivity index (χ2v) is 8.25. The van der Waals surface area contributed by atoms with Crippen molar-refractivity contribution in [1.82, 2.24) is 0 Å². The van der Waals surface area contributed by atoms with E-state index in [4.69, 9.17) is 4.74 Å². The SMILES string of the molecule is CCCOC(=O)c1ccc(N2C(=O)C(Nc3cc(C)cc(C)c3)=C(c3ccccc3)C2=O)cc1. The van der Waals surface area contributed by atoms with E-state index in [2.05, 4.69) is 5.32 Å². The number of hydrogen-bond donors (Lipinski definition) is 1. The number of imide groups is 1. The number of rotatable bonds is 7. The molecule has 6 nitrogen and oxygen atoms in total. The van der Waals surface area contributed by atoms with Crippen LogP contribution in [0.2, 0.25) is 0 Å². The molecule has 0 unspecified atom stereocenters. The minimum atomic E-state index is -0.454. The van der Waals surface area contributed by atoms with E-state index in [9.17, 15) is 14.4 Å². The highest BCUT2D eigenvalue weighted by atomic mass is 16.5. The van der Waals surface area contributed by atoms with E-state index in [1.165, 1.54) is 0 Å². The molecule has 172 valence electrons. The zero-order chi connectivity index (χ0) is 24.2. The topological polar surface area (TPSA) is 75.7 Å². The lowest BCUT2D eigenvalue weighted by atomic mass is 10.0. The van der Waals surface area contributed by atoms with Gasteiger partial charge in [0.15, 0.2) is 0 Å². The molecule has 3 aromatic rings. The molecular weight excluding hydrogens is 428 g/mol. The van der Waals surface area contributed by atoms with Crippen LogP contribution in [0.5, 0.6) is 0 Å². The Morgan fingerprint density at radius 2 is 1.53 bits per heavy atom. The molecule has 1 heterocycles. The summed E-state index contributed by atoms with van der Waals surface area (Å²) in [5, 5.41) is 3.20. The average Bonchev–Trinajstić information content (AvgIpc) is 3.06. The van der Waals surface area contributed by atoms with E-state index >= 15 is 0 Å². The van der Waals surface area contributed by atoms with Gasteiger partial charge in [-0.25, -0.2) is 9.69 Å². The second-order valence-electron chi connectivity index (χ2n) is 8.25. The lowest BCUT2D eigenvalue weighted by Crippen LogP contribution is -2.32. The molecule has 2 amide bonds. The van der Waals surface area contributed by atoms with Crippen molar-refractivity contribution in [2.45, 2.75) is 27.2 Å². The number of anilines is 2. The third-order valence-electron chi connectivity index (χ3n) is 5.44. The first-order chi connectivity index (χ1) is 16.4. The van der Waals surface area contributed by atoms with Crippen molar-refractivity contribution in [3.05, 3.63) is 101 Å². The highest BCUT2D eigenvalue weighted by Gasteiger charge is 2.40. The number of esters is 1. The molecule has 0 atom stereocenters. The van der Waals surface area contributed by atoms with Crippen LogP contribution < -0.4 is 10.2 Å². The molecule has 1 N–H and O–H groups in total. The summed E-state index contributed by atoms with van der Waals surface area (Å²) in [5.41, 5.74) is 4.73. The normalized spacial score (nSPS) is 13.4. The number of ether oxygens (including phenoxy) is 1. The molecule has 0 aliphatic carbocycles. The largest absolute Gasteiger partial charge is 0.462 e. The molecule has 0 saturated heterocycles.